The summed E-state index contributed by atoms with van der Waals surface area (Å²) in [6.07, 6.45) is 2.58. The second-order valence-electron chi connectivity index (χ2n) is 2.28. The van der Waals surface area contributed by atoms with Gasteiger partial charge < -0.3 is 0 Å². The highest BCUT2D eigenvalue weighted by Gasteiger charge is 2.07. The zero-order valence-corrected chi connectivity index (χ0v) is 7.35. The molecular weight excluding hydrogens is 230 g/mol. The third kappa shape index (κ3) is 1.01. The summed E-state index contributed by atoms with van der Waals surface area (Å²) in [5, 5.41) is 0. The second-order valence-corrected chi connectivity index (χ2v) is 3.09. The molecule has 0 saturated heterocycles. The number of aromatic nitrogens is 2. The van der Waals surface area contributed by atoms with Gasteiger partial charge in [-0.3, -0.25) is 4.40 Å². The monoisotopic (exact) mass is 232 g/mol. The van der Waals surface area contributed by atoms with Crippen molar-refractivity contribution in [1.29, 1.82) is 0 Å². The molecule has 2 nitrogen and oxygen atoms in total. The van der Waals surface area contributed by atoms with E-state index >= 15 is 0 Å². The maximum absolute atomic E-state index is 12.9. The number of rotatable bonds is 0. The molecular formula is C7H3BrF2N2. The van der Waals surface area contributed by atoms with E-state index in [4.69, 9.17) is 0 Å². The summed E-state index contributed by atoms with van der Waals surface area (Å²) < 4.78 is 27.4. The van der Waals surface area contributed by atoms with Crippen LogP contribution in [0.15, 0.2) is 23.1 Å². The molecule has 12 heavy (non-hydrogen) atoms. The maximum atomic E-state index is 12.9. The SMILES string of the molecule is Fc1cc(F)c2ncc(Br)n2c1. The highest BCUT2D eigenvalue weighted by molar-refractivity contribution is 9.10. The van der Waals surface area contributed by atoms with E-state index in [1.165, 1.54) is 10.6 Å². The molecule has 0 spiro atoms. The summed E-state index contributed by atoms with van der Waals surface area (Å²) >= 11 is 3.10. The molecule has 2 aromatic rings. The van der Waals surface area contributed by atoms with Crippen LogP contribution in [0.5, 0.6) is 0 Å². The lowest BCUT2D eigenvalue weighted by Crippen LogP contribution is -1.91. The molecule has 0 aliphatic heterocycles. The van der Waals surface area contributed by atoms with E-state index in [1.54, 1.807) is 0 Å². The predicted molar refractivity (Wildman–Crippen MR) is 42.8 cm³/mol. The Kier molecular flexibility index (Phi) is 1.61. The van der Waals surface area contributed by atoms with Gasteiger partial charge in [-0.2, -0.15) is 0 Å². The van der Waals surface area contributed by atoms with Gasteiger partial charge in [0.1, 0.15) is 10.4 Å². The van der Waals surface area contributed by atoms with E-state index in [9.17, 15) is 8.78 Å². The molecule has 5 heteroatoms. The first-order valence-corrected chi connectivity index (χ1v) is 3.95. The number of halogens is 3. The summed E-state index contributed by atoms with van der Waals surface area (Å²) in [7, 11) is 0. The van der Waals surface area contributed by atoms with Crippen molar-refractivity contribution < 1.29 is 8.78 Å². The number of nitrogens with zero attached hydrogens (tertiary/aromatic N) is 2. The van der Waals surface area contributed by atoms with Gasteiger partial charge in [-0.25, -0.2) is 13.8 Å². The van der Waals surface area contributed by atoms with Crippen LogP contribution in [0, 0.1) is 11.6 Å². The Morgan fingerprint density at radius 1 is 1.42 bits per heavy atom. The first-order valence-electron chi connectivity index (χ1n) is 3.16. The summed E-state index contributed by atoms with van der Waals surface area (Å²) in [6.45, 7) is 0. The van der Waals surface area contributed by atoms with Crippen molar-refractivity contribution in [3.63, 3.8) is 0 Å². The van der Waals surface area contributed by atoms with Crippen molar-refractivity contribution in [1.82, 2.24) is 9.38 Å². The van der Waals surface area contributed by atoms with Crippen molar-refractivity contribution in [2.75, 3.05) is 0 Å². The predicted octanol–water partition coefficient (Wildman–Crippen LogP) is 2.38. The standard InChI is InChI=1S/C7H3BrF2N2/c8-6-2-11-7-5(10)1-4(9)3-12(6)7/h1-3H. The van der Waals surface area contributed by atoms with Gasteiger partial charge in [-0.1, -0.05) is 0 Å². The Hall–Kier alpha value is -0.970. The average molecular weight is 233 g/mol. The molecule has 0 radical (unpaired) electrons. The van der Waals surface area contributed by atoms with Crippen molar-refractivity contribution in [3.05, 3.63) is 34.7 Å². The Labute approximate surface area is 75.0 Å². The number of imidazole rings is 1. The van der Waals surface area contributed by atoms with Crippen LogP contribution in [-0.4, -0.2) is 9.38 Å². The van der Waals surface area contributed by atoms with Crippen molar-refractivity contribution >= 4 is 21.6 Å². The topological polar surface area (TPSA) is 17.3 Å². The molecule has 0 atom stereocenters. The quantitative estimate of drug-likeness (QED) is 0.682. The third-order valence-corrected chi connectivity index (χ3v) is 2.07. The molecule has 0 N–H and O–H groups in total. The summed E-state index contributed by atoms with van der Waals surface area (Å²) in [5.74, 6) is -1.29. The summed E-state index contributed by atoms with van der Waals surface area (Å²) in [6, 6.07) is 0.800. The lowest BCUT2D eigenvalue weighted by Gasteiger charge is -1.95. The van der Waals surface area contributed by atoms with Gasteiger partial charge in [0, 0.05) is 12.3 Å². The fourth-order valence-electron chi connectivity index (χ4n) is 0.986. The zero-order chi connectivity index (χ0) is 8.72. The molecule has 0 saturated carbocycles. The van der Waals surface area contributed by atoms with E-state index < -0.39 is 11.6 Å². The first kappa shape index (κ1) is 7.67. The molecule has 62 valence electrons. The average Bonchev–Trinajstić information content (AvgIpc) is 2.33. The Morgan fingerprint density at radius 3 is 2.92 bits per heavy atom. The van der Waals surface area contributed by atoms with E-state index in [0.29, 0.717) is 4.60 Å². The van der Waals surface area contributed by atoms with E-state index in [2.05, 4.69) is 20.9 Å². The van der Waals surface area contributed by atoms with E-state index in [0.717, 1.165) is 12.3 Å². The molecule has 0 unspecified atom stereocenters. The molecule has 2 aromatic heterocycles. The fourth-order valence-corrected chi connectivity index (χ4v) is 1.36. The highest BCUT2D eigenvalue weighted by Crippen LogP contribution is 2.16. The lowest BCUT2D eigenvalue weighted by atomic mass is 10.4. The Balaban J connectivity index is 2.92. The van der Waals surface area contributed by atoms with Gasteiger partial charge in [-0.05, 0) is 15.9 Å². The molecule has 0 bridgehead atoms. The highest BCUT2D eigenvalue weighted by atomic mass is 79.9. The van der Waals surface area contributed by atoms with E-state index in [1.807, 2.05) is 0 Å². The number of fused-ring (bicyclic) bond motifs is 1. The molecule has 0 aromatic carbocycles. The van der Waals surface area contributed by atoms with Crippen LogP contribution in [0.4, 0.5) is 8.78 Å². The Morgan fingerprint density at radius 2 is 2.17 bits per heavy atom. The van der Waals surface area contributed by atoms with Gasteiger partial charge in [-0.15, -0.1) is 0 Å². The summed E-state index contributed by atoms with van der Waals surface area (Å²) in [5.41, 5.74) is 0.114. The normalized spacial score (nSPS) is 10.9. The Bertz CT molecular complexity index is 438. The van der Waals surface area contributed by atoms with Crippen LogP contribution in [-0.2, 0) is 0 Å². The van der Waals surface area contributed by atoms with Crippen molar-refractivity contribution in [2.45, 2.75) is 0 Å². The smallest absolute Gasteiger partial charge is 0.174 e. The van der Waals surface area contributed by atoms with E-state index in [-0.39, 0.29) is 5.65 Å². The van der Waals surface area contributed by atoms with Crippen LogP contribution in [0.25, 0.3) is 5.65 Å². The van der Waals surface area contributed by atoms with Gasteiger partial charge >= 0.3 is 0 Å². The molecule has 2 heterocycles. The molecule has 0 fully saturated rings. The molecule has 0 aliphatic carbocycles. The van der Waals surface area contributed by atoms with Crippen molar-refractivity contribution in [3.8, 4) is 0 Å². The van der Waals surface area contributed by atoms with Crippen LogP contribution in [0.2, 0.25) is 0 Å². The minimum absolute atomic E-state index is 0.114. The number of hydrogen-bond donors (Lipinski definition) is 0. The zero-order valence-electron chi connectivity index (χ0n) is 5.76. The fraction of sp³-hybridized carbons (Fsp3) is 0. The summed E-state index contributed by atoms with van der Waals surface area (Å²) in [4.78, 5) is 3.73. The van der Waals surface area contributed by atoms with Gasteiger partial charge in [0.2, 0.25) is 0 Å². The van der Waals surface area contributed by atoms with Gasteiger partial charge in [0.15, 0.2) is 11.5 Å². The largest absolute Gasteiger partial charge is 0.289 e. The van der Waals surface area contributed by atoms with Gasteiger partial charge in [0.25, 0.3) is 0 Å². The minimum Gasteiger partial charge on any atom is -0.289 e. The van der Waals surface area contributed by atoms with Crippen LogP contribution in [0.1, 0.15) is 0 Å². The molecule has 0 aliphatic rings. The van der Waals surface area contributed by atoms with Crippen LogP contribution < -0.4 is 0 Å². The lowest BCUT2D eigenvalue weighted by molar-refractivity contribution is 0.576. The molecule has 2 rings (SSSR count). The third-order valence-electron chi connectivity index (χ3n) is 1.48. The number of pyridine rings is 1. The van der Waals surface area contributed by atoms with Crippen LogP contribution >= 0.6 is 15.9 Å². The van der Waals surface area contributed by atoms with Crippen LogP contribution in [0.3, 0.4) is 0 Å². The van der Waals surface area contributed by atoms with Crippen molar-refractivity contribution in [2.24, 2.45) is 0 Å². The minimum atomic E-state index is -0.666. The van der Waals surface area contributed by atoms with Gasteiger partial charge in [0.05, 0.1) is 6.20 Å². The maximum Gasteiger partial charge on any atom is 0.174 e. The second kappa shape index (κ2) is 2.52. The number of hydrogen-bond acceptors (Lipinski definition) is 1. The first-order chi connectivity index (χ1) is 5.68. The molecule has 0 amide bonds.